The number of hydrogen-bond donors (Lipinski definition) is 1. The first-order valence-corrected chi connectivity index (χ1v) is 8.36. The van der Waals surface area contributed by atoms with E-state index in [1.54, 1.807) is 0 Å². The van der Waals surface area contributed by atoms with Crippen LogP contribution in [0.15, 0.2) is 30.3 Å². The van der Waals surface area contributed by atoms with Crippen LogP contribution in [-0.2, 0) is 6.42 Å². The fourth-order valence-electron chi connectivity index (χ4n) is 3.40. The van der Waals surface area contributed by atoms with Gasteiger partial charge in [0.05, 0.1) is 0 Å². The predicted molar refractivity (Wildman–Crippen MR) is 90.8 cm³/mol. The molecule has 3 heteroatoms. The Labute approximate surface area is 130 Å². The van der Waals surface area contributed by atoms with Crippen LogP contribution in [0.5, 0.6) is 0 Å². The van der Waals surface area contributed by atoms with Crippen molar-refractivity contribution in [3.05, 3.63) is 35.9 Å². The molecule has 21 heavy (non-hydrogen) atoms. The third-order valence-electron chi connectivity index (χ3n) is 4.63. The molecule has 1 saturated heterocycles. The molecule has 118 valence electrons. The monoisotopic (exact) mass is 289 g/mol. The zero-order chi connectivity index (χ0) is 15.1. The first-order chi connectivity index (χ1) is 10.2. The second-order valence-corrected chi connectivity index (χ2v) is 6.35. The summed E-state index contributed by atoms with van der Waals surface area (Å²) in [4.78, 5) is 5.04. The fourth-order valence-corrected chi connectivity index (χ4v) is 3.40. The van der Waals surface area contributed by atoms with Gasteiger partial charge in [-0.1, -0.05) is 37.3 Å². The maximum atomic E-state index is 3.73. The molecular weight excluding hydrogens is 258 g/mol. The molecule has 2 rings (SSSR count). The van der Waals surface area contributed by atoms with E-state index in [4.69, 9.17) is 0 Å². The summed E-state index contributed by atoms with van der Waals surface area (Å²) < 4.78 is 0. The van der Waals surface area contributed by atoms with Gasteiger partial charge >= 0.3 is 0 Å². The van der Waals surface area contributed by atoms with Gasteiger partial charge in [0.25, 0.3) is 0 Å². The molecule has 0 aliphatic carbocycles. The van der Waals surface area contributed by atoms with E-state index in [-0.39, 0.29) is 0 Å². The molecule has 3 nitrogen and oxygen atoms in total. The Morgan fingerprint density at radius 2 is 1.95 bits per heavy atom. The molecule has 1 N–H and O–H groups in total. The van der Waals surface area contributed by atoms with Gasteiger partial charge in [0.15, 0.2) is 0 Å². The van der Waals surface area contributed by atoms with Gasteiger partial charge in [-0.15, -0.1) is 0 Å². The maximum Gasteiger partial charge on any atom is 0.0373 e. The minimum Gasteiger partial charge on any atom is -0.313 e. The Morgan fingerprint density at radius 3 is 2.67 bits per heavy atom. The summed E-state index contributed by atoms with van der Waals surface area (Å²) in [6, 6.07) is 12.0. The summed E-state index contributed by atoms with van der Waals surface area (Å²) in [6.07, 6.45) is 3.65. The lowest BCUT2D eigenvalue weighted by atomic mass is 9.98. The standard InChI is InChI=1S/C18H31N3/c1-4-19-17(12-11-16-9-6-5-7-10-16)18-15-20(2)13-8-14-21(18)3/h5-7,9-10,17-19H,4,8,11-15H2,1-3H3. The second kappa shape index (κ2) is 8.52. The van der Waals surface area contributed by atoms with Crippen molar-refractivity contribution in [1.82, 2.24) is 15.1 Å². The number of aryl methyl sites for hydroxylation is 1. The summed E-state index contributed by atoms with van der Waals surface area (Å²) in [7, 11) is 4.54. The quantitative estimate of drug-likeness (QED) is 0.866. The average molecular weight is 289 g/mol. The predicted octanol–water partition coefficient (Wildman–Crippen LogP) is 2.23. The number of rotatable bonds is 6. The van der Waals surface area contributed by atoms with E-state index in [1.807, 2.05) is 0 Å². The van der Waals surface area contributed by atoms with Gasteiger partial charge in [-0.3, -0.25) is 0 Å². The molecule has 0 aromatic heterocycles. The number of nitrogens with one attached hydrogen (secondary N) is 1. The van der Waals surface area contributed by atoms with Crippen LogP contribution in [0, 0.1) is 0 Å². The van der Waals surface area contributed by atoms with Gasteiger partial charge in [-0.2, -0.15) is 0 Å². The minimum atomic E-state index is 0.570. The largest absolute Gasteiger partial charge is 0.313 e. The highest BCUT2D eigenvalue weighted by Crippen LogP contribution is 2.15. The maximum absolute atomic E-state index is 3.73. The van der Waals surface area contributed by atoms with Gasteiger partial charge in [0, 0.05) is 18.6 Å². The van der Waals surface area contributed by atoms with E-state index < -0.39 is 0 Å². The molecule has 2 unspecified atom stereocenters. The Balaban J connectivity index is 1.99. The van der Waals surface area contributed by atoms with Crippen LogP contribution < -0.4 is 5.32 Å². The van der Waals surface area contributed by atoms with Crippen molar-refractivity contribution in [3.8, 4) is 0 Å². The van der Waals surface area contributed by atoms with E-state index >= 15 is 0 Å². The van der Waals surface area contributed by atoms with Crippen LogP contribution in [0.1, 0.15) is 25.3 Å². The van der Waals surface area contributed by atoms with E-state index in [1.165, 1.54) is 38.0 Å². The van der Waals surface area contributed by atoms with Crippen molar-refractivity contribution in [3.63, 3.8) is 0 Å². The van der Waals surface area contributed by atoms with E-state index in [0.717, 1.165) is 13.0 Å². The Bertz CT molecular complexity index is 393. The summed E-state index contributed by atoms with van der Waals surface area (Å²) in [5, 5.41) is 3.73. The first kappa shape index (κ1) is 16.5. The Morgan fingerprint density at radius 1 is 1.19 bits per heavy atom. The van der Waals surface area contributed by atoms with Crippen molar-refractivity contribution >= 4 is 0 Å². The molecule has 2 atom stereocenters. The highest BCUT2D eigenvalue weighted by Gasteiger charge is 2.27. The van der Waals surface area contributed by atoms with Gasteiger partial charge in [0.1, 0.15) is 0 Å². The van der Waals surface area contributed by atoms with Gasteiger partial charge < -0.3 is 15.1 Å². The lowest BCUT2D eigenvalue weighted by Gasteiger charge is -2.35. The van der Waals surface area contributed by atoms with Crippen LogP contribution in [0.2, 0.25) is 0 Å². The zero-order valence-corrected chi connectivity index (χ0v) is 13.9. The number of benzene rings is 1. The molecule has 0 saturated carbocycles. The van der Waals surface area contributed by atoms with Crippen molar-refractivity contribution < 1.29 is 0 Å². The highest BCUT2D eigenvalue weighted by molar-refractivity contribution is 5.15. The lowest BCUT2D eigenvalue weighted by Crippen LogP contribution is -2.52. The molecule has 0 spiro atoms. The fraction of sp³-hybridized carbons (Fsp3) is 0.667. The number of hydrogen-bond acceptors (Lipinski definition) is 3. The summed E-state index contributed by atoms with van der Waals surface area (Å²) in [6.45, 7) is 6.87. The topological polar surface area (TPSA) is 18.5 Å². The Kier molecular flexibility index (Phi) is 6.68. The van der Waals surface area contributed by atoms with E-state index in [2.05, 4.69) is 66.5 Å². The number of nitrogens with zero attached hydrogens (tertiary/aromatic N) is 2. The molecule has 1 aromatic rings. The van der Waals surface area contributed by atoms with Crippen LogP contribution in [-0.4, -0.2) is 62.2 Å². The zero-order valence-electron chi connectivity index (χ0n) is 13.9. The third kappa shape index (κ3) is 5.10. The second-order valence-electron chi connectivity index (χ2n) is 6.35. The molecule has 0 bridgehead atoms. The third-order valence-corrected chi connectivity index (χ3v) is 4.63. The SMILES string of the molecule is CCNC(CCc1ccccc1)C1CN(C)CCCN1C. The molecule has 0 amide bonds. The van der Waals surface area contributed by atoms with Crippen molar-refractivity contribution in [2.45, 2.75) is 38.3 Å². The average Bonchev–Trinajstić information content (AvgIpc) is 2.66. The highest BCUT2D eigenvalue weighted by atomic mass is 15.2. The number of likely N-dealkylation sites (N-methyl/N-ethyl adjacent to an activating group) is 3. The van der Waals surface area contributed by atoms with E-state index in [9.17, 15) is 0 Å². The molecular formula is C18H31N3. The molecule has 1 aromatic carbocycles. The smallest absolute Gasteiger partial charge is 0.0373 e. The van der Waals surface area contributed by atoms with Crippen LogP contribution >= 0.6 is 0 Å². The first-order valence-electron chi connectivity index (χ1n) is 8.36. The van der Waals surface area contributed by atoms with Gasteiger partial charge in [-0.05, 0) is 58.6 Å². The molecule has 1 aliphatic rings. The van der Waals surface area contributed by atoms with Crippen LogP contribution in [0.4, 0.5) is 0 Å². The van der Waals surface area contributed by atoms with Crippen LogP contribution in [0.25, 0.3) is 0 Å². The molecule has 1 heterocycles. The Hall–Kier alpha value is -0.900. The summed E-state index contributed by atoms with van der Waals surface area (Å²) in [5.74, 6) is 0. The minimum absolute atomic E-state index is 0.570. The van der Waals surface area contributed by atoms with Crippen molar-refractivity contribution in [2.75, 3.05) is 40.3 Å². The van der Waals surface area contributed by atoms with Crippen molar-refractivity contribution in [1.29, 1.82) is 0 Å². The molecule has 1 aliphatic heterocycles. The molecule has 1 fully saturated rings. The van der Waals surface area contributed by atoms with Crippen molar-refractivity contribution in [2.24, 2.45) is 0 Å². The van der Waals surface area contributed by atoms with Crippen LogP contribution in [0.3, 0.4) is 0 Å². The normalized spacial score (nSPS) is 22.9. The van der Waals surface area contributed by atoms with Gasteiger partial charge in [-0.25, -0.2) is 0 Å². The van der Waals surface area contributed by atoms with Gasteiger partial charge in [0.2, 0.25) is 0 Å². The summed E-state index contributed by atoms with van der Waals surface area (Å²) >= 11 is 0. The lowest BCUT2D eigenvalue weighted by molar-refractivity contribution is 0.173. The molecule has 0 radical (unpaired) electrons. The summed E-state index contributed by atoms with van der Waals surface area (Å²) in [5.41, 5.74) is 1.45. The van der Waals surface area contributed by atoms with E-state index in [0.29, 0.717) is 12.1 Å².